The summed E-state index contributed by atoms with van der Waals surface area (Å²) in [4.78, 5) is 28.4. The van der Waals surface area contributed by atoms with E-state index in [1.807, 2.05) is 41.1 Å². The number of para-hydroxylation sites is 1. The summed E-state index contributed by atoms with van der Waals surface area (Å²) in [6, 6.07) is 7.89. The lowest BCUT2D eigenvalue weighted by Gasteiger charge is -2.34. The van der Waals surface area contributed by atoms with E-state index in [0.29, 0.717) is 17.5 Å². The third-order valence-corrected chi connectivity index (χ3v) is 6.12. The van der Waals surface area contributed by atoms with E-state index in [1.54, 1.807) is 11.6 Å². The first-order chi connectivity index (χ1) is 12.5. The Morgan fingerprint density at radius 3 is 2.38 bits per heavy atom. The molecule has 1 aromatic heterocycles. The monoisotopic (exact) mass is 354 g/mol. The number of hydrogen-bond acceptors (Lipinski definition) is 3. The number of piperidine rings is 1. The van der Waals surface area contributed by atoms with Crippen LogP contribution in [0.3, 0.4) is 0 Å². The average Bonchev–Trinajstić information content (AvgIpc) is 3.27. The molecular formula is C20H26N4O2. The zero-order valence-corrected chi connectivity index (χ0v) is 15.5. The number of nitrogens with zero attached hydrogens (tertiary/aromatic N) is 4. The molecule has 4 rings (SSSR count). The molecule has 3 heterocycles. The number of fused-ring (bicyclic) bond motifs is 1. The maximum atomic E-state index is 13.0. The van der Waals surface area contributed by atoms with Gasteiger partial charge in [-0.3, -0.25) is 14.3 Å². The third kappa shape index (κ3) is 2.97. The van der Waals surface area contributed by atoms with Crippen molar-refractivity contribution >= 4 is 22.7 Å². The van der Waals surface area contributed by atoms with Crippen molar-refractivity contribution in [1.29, 1.82) is 0 Å². The number of aromatic nitrogens is 2. The first kappa shape index (κ1) is 17.1. The molecule has 0 N–H and O–H groups in total. The summed E-state index contributed by atoms with van der Waals surface area (Å²) in [6.45, 7) is 4.98. The van der Waals surface area contributed by atoms with Gasteiger partial charge in [-0.1, -0.05) is 18.2 Å². The lowest BCUT2D eigenvalue weighted by molar-refractivity contribution is -0.130. The first-order valence-electron chi connectivity index (χ1n) is 9.51. The Morgan fingerprint density at radius 2 is 1.65 bits per heavy atom. The summed E-state index contributed by atoms with van der Waals surface area (Å²) in [5, 5.41) is 5.41. The van der Waals surface area contributed by atoms with Crippen LogP contribution in [-0.2, 0) is 11.8 Å². The summed E-state index contributed by atoms with van der Waals surface area (Å²) in [5.74, 6) is 1.38. The molecule has 2 fully saturated rings. The summed E-state index contributed by atoms with van der Waals surface area (Å²) < 4.78 is 1.79. The van der Waals surface area contributed by atoms with Crippen LogP contribution in [0.5, 0.6) is 0 Å². The van der Waals surface area contributed by atoms with Gasteiger partial charge in [-0.2, -0.15) is 5.10 Å². The van der Waals surface area contributed by atoms with Gasteiger partial charge in [-0.15, -0.1) is 0 Å². The number of amides is 2. The van der Waals surface area contributed by atoms with Crippen molar-refractivity contribution in [2.75, 3.05) is 26.2 Å². The van der Waals surface area contributed by atoms with Crippen molar-refractivity contribution < 1.29 is 9.59 Å². The van der Waals surface area contributed by atoms with Gasteiger partial charge < -0.3 is 9.80 Å². The third-order valence-electron chi connectivity index (χ3n) is 6.12. The van der Waals surface area contributed by atoms with Gasteiger partial charge in [0.25, 0.3) is 5.91 Å². The van der Waals surface area contributed by atoms with Crippen LogP contribution in [0.1, 0.15) is 36.7 Å². The molecule has 1 aromatic carbocycles. The van der Waals surface area contributed by atoms with Gasteiger partial charge in [0.05, 0.1) is 5.52 Å². The van der Waals surface area contributed by atoms with E-state index in [9.17, 15) is 9.59 Å². The Bertz CT molecular complexity index is 835. The zero-order chi connectivity index (χ0) is 18.3. The molecule has 6 nitrogen and oxygen atoms in total. The minimum Gasteiger partial charge on any atom is -0.343 e. The smallest absolute Gasteiger partial charge is 0.275 e. The van der Waals surface area contributed by atoms with Crippen molar-refractivity contribution in [3.05, 3.63) is 30.0 Å². The molecule has 2 aliphatic rings. The number of benzene rings is 1. The molecule has 0 spiro atoms. The highest BCUT2D eigenvalue weighted by atomic mass is 16.2. The van der Waals surface area contributed by atoms with Crippen LogP contribution in [0, 0.1) is 11.8 Å². The highest BCUT2D eigenvalue weighted by molar-refractivity contribution is 6.04. The maximum Gasteiger partial charge on any atom is 0.275 e. The van der Waals surface area contributed by atoms with Crippen LogP contribution in [0.2, 0.25) is 0 Å². The average molecular weight is 354 g/mol. The quantitative estimate of drug-likeness (QED) is 0.831. The van der Waals surface area contributed by atoms with Crippen molar-refractivity contribution in [3.63, 3.8) is 0 Å². The maximum absolute atomic E-state index is 13.0. The molecule has 2 aliphatic heterocycles. The van der Waals surface area contributed by atoms with Gasteiger partial charge in [0, 0.05) is 45.5 Å². The number of carbonyl (C=O) groups excluding carboxylic acids is 2. The van der Waals surface area contributed by atoms with Crippen molar-refractivity contribution in [1.82, 2.24) is 19.6 Å². The van der Waals surface area contributed by atoms with E-state index in [1.165, 1.54) is 0 Å². The van der Waals surface area contributed by atoms with Gasteiger partial charge >= 0.3 is 0 Å². The van der Waals surface area contributed by atoms with E-state index in [4.69, 9.17) is 0 Å². The number of aryl methyl sites for hydroxylation is 1. The van der Waals surface area contributed by atoms with Crippen LogP contribution >= 0.6 is 0 Å². The Morgan fingerprint density at radius 1 is 1.00 bits per heavy atom. The molecule has 2 aromatic rings. The molecule has 1 atom stereocenters. The number of carbonyl (C=O) groups is 2. The second-order valence-electron chi connectivity index (χ2n) is 7.63. The predicted octanol–water partition coefficient (Wildman–Crippen LogP) is 2.29. The standard InChI is InChI=1S/C20H26N4O2/c1-14(25)23-10-7-15(8-11-23)16-9-12-24(13-16)20(26)19-17-5-3-4-6-18(17)22(2)21-19/h3-6,15-16H,7-13H2,1-2H3. The van der Waals surface area contributed by atoms with E-state index >= 15 is 0 Å². The second-order valence-corrected chi connectivity index (χ2v) is 7.63. The molecule has 26 heavy (non-hydrogen) atoms. The molecule has 1 unspecified atom stereocenters. The van der Waals surface area contributed by atoms with Crippen LogP contribution in [-0.4, -0.2) is 57.6 Å². The molecule has 0 bridgehead atoms. The SMILES string of the molecule is CC(=O)N1CCC(C2CCN(C(=O)c3nn(C)c4ccccc34)C2)CC1. The van der Waals surface area contributed by atoms with Crippen molar-refractivity contribution in [2.24, 2.45) is 18.9 Å². The van der Waals surface area contributed by atoms with Crippen LogP contribution < -0.4 is 0 Å². The summed E-state index contributed by atoms with van der Waals surface area (Å²) >= 11 is 0. The summed E-state index contributed by atoms with van der Waals surface area (Å²) in [5.41, 5.74) is 1.55. The minimum absolute atomic E-state index is 0.0467. The topological polar surface area (TPSA) is 58.4 Å². The van der Waals surface area contributed by atoms with Gasteiger partial charge in [0.1, 0.15) is 0 Å². The molecule has 2 amide bonds. The number of hydrogen-bond donors (Lipinski definition) is 0. The fraction of sp³-hybridized carbons (Fsp3) is 0.550. The molecule has 0 saturated carbocycles. The number of rotatable bonds is 2. The Balaban J connectivity index is 1.44. The van der Waals surface area contributed by atoms with E-state index in [0.717, 1.165) is 56.3 Å². The minimum atomic E-state index is 0.0467. The van der Waals surface area contributed by atoms with Crippen LogP contribution in [0.15, 0.2) is 24.3 Å². The zero-order valence-electron chi connectivity index (χ0n) is 15.5. The Labute approximate surface area is 153 Å². The fourth-order valence-electron chi connectivity index (χ4n) is 4.56. The Hall–Kier alpha value is -2.37. The number of likely N-dealkylation sites (tertiary alicyclic amines) is 2. The predicted molar refractivity (Wildman–Crippen MR) is 99.7 cm³/mol. The van der Waals surface area contributed by atoms with E-state index in [2.05, 4.69) is 5.10 Å². The van der Waals surface area contributed by atoms with Gasteiger partial charge in [-0.25, -0.2) is 0 Å². The fourth-order valence-corrected chi connectivity index (χ4v) is 4.56. The molecular weight excluding hydrogens is 328 g/mol. The molecule has 2 saturated heterocycles. The van der Waals surface area contributed by atoms with Crippen molar-refractivity contribution in [2.45, 2.75) is 26.2 Å². The van der Waals surface area contributed by atoms with E-state index < -0.39 is 0 Å². The highest BCUT2D eigenvalue weighted by Crippen LogP contribution is 2.33. The highest BCUT2D eigenvalue weighted by Gasteiger charge is 2.35. The van der Waals surface area contributed by atoms with Crippen molar-refractivity contribution in [3.8, 4) is 0 Å². The largest absolute Gasteiger partial charge is 0.343 e. The van der Waals surface area contributed by atoms with Gasteiger partial charge in [0.2, 0.25) is 5.91 Å². The van der Waals surface area contributed by atoms with Crippen LogP contribution in [0.4, 0.5) is 0 Å². The normalized spacial score (nSPS) is 21.5. The lowest BCUT2D eigenvalue weighted by Crippen LogP contribution is -2.39. The second kappa shape index (κ2) is 6.74. The molecule has 6 heteroatoms. The summed E-state index contributed by atoms with van der Waals surface area (Å²) in [6.07, 6.45) is 3.17. The van der Waals surface area contributed by atoms with Crippen LogP contribution in [0.25, 0.3) is 10.9 Å². The molecule has 0 radical (unpaired) electrons. The van der Waals surface area contributed by atoms with Gasteiger partial charge in [-0.05, 0) is 37.2 Å². The van der Waals surface area contributed by atoms with Gasteiger partial charge in [0.15, 0.2) is 5.69 Å². The first-order valence-corrected chi connectivity index (χ1v) is 9.51. The lowest BCUT2D eigenvalue weighted by atomic mass is 9.84. The Kier molecular flexibility index (Phi) is 4.42. The molecule has 138 valence electrons. The summed E-state index contributed by atoms with van der Waals surface area (Å²) in [7, 11) is 1.88. The molecule has 0 aliphatic carbocycles. The van der Waals surface area contributed by atoms with E-state index in [-0.39, 0.29) is 11.8 Å².